The molecule has 152 valence electrons. The number of ether oxygens (including phenoxy) is 1. The summed E-state index contributed by atoms with van der Waals surface area (Å²) >= 11 is 6.02. The van der Waals surface area contributed by atoms with E-state index in [1.54, 1.807) is 32.2 Å². The minimum atomic E-state index is -3.70. The van der Waals surface area contributed by atoms with Crippen LogP contribution in [0.15, 0.2) is 48.5 Å². The molecule has 2 atom stereocenters. The SMILES string of the molecule is CCC(C(=O)NC(C)c1ccc(OC)cc1)N(c1cccc(Cl)c1)S(C)(=O)=O. The van der Waals surface area contributed by atoms with Gasteiger partial charge in [-0.2, -0.15) is 0 Å². The van der Waals surface area contributed by atoms with E-state index < -0.39 is 16.1 Å². The summed E-state index contributed by atoms with van der Waals surface area (Å²) in [4.78, 5) is 13.0. The molecule has 0 radical (unpaired) electrons. The second-order valence-corrected chi connectivity index (χ2v) is 8.76. The van der Waals surface area contributed by atoms with Gasteiger partial charge >= 0.3 is 0 Å². The van der Waals surface area contributed by atoms with Gasteiger partial charge in [-0.05, 0) is 49.2 Å². The van der Waals surface area contributed by atoms with Gasteiger partial charge in [-0.3, -0.25) is 9.10 Å². The van der Waals surface area contributed by atoms with Gasteiger partial charge in [0.1, 0.15) is 11.8 Å². The molecule has 2 unspecified atom stereocenters. The average molecular weight is 425 g/mol. The Bertz CT molecular complexity index is 916. The van der Waals surface area contributed by atoms with E-state index in [1.807, 2.05) is 31.2 Å². The number of hydrogen-bond donors (Lipinski definition) is 1. The molecule has 2 aromatic carbocycles. The smallest absolute Gasteiger partial charge is 0.244 e. The zero-order valence-electron chi connectivity index (χ0n) is 16.3. The van der Waals surface area contributed by atoms with Crippen molar-refractivity contribution in [3.63, 3.8) is 0 Å². The minimum absolute atomic E-state index is 0.298. The van der Waals surface area contributed by atoms with Crippen molar-refractivity contribution in [1.82, 2.24) is 5.32 Å². The van der Waals surface area contributed by atoms with Gasteiger partial charge in [-0.15, -0.1) is 0 Å². The normalized spacial score (nSPS) is 13.5. The van der Waals surface area contributed by atoms with Crippen molar-refractivity contribution < 1.29 is 17.9 Å². The quantitative estimate of drug-likeness (QED) is 0.699. The lowest BCUT2D eigenvalue weighted by molar-refractivity contribution is -0.122. The Morgan fingerprint density at radius 2 is 1.86 bits per heavy atom. The summed E-state index contributed by atoms with van der Waals surface area (Å²) in [6, 6.07) is 12.6. The summed E-state index contributed by atoms with van der Waals surface area (Å²) in [5, 5.41) is 3.30. The summed E-state index contributed by atoms with van der Waals surface area (Å²) in [6.45, 7) is 3.61. The molecule has 2 aromatic rings. The molecule has 0 bridgehead atoms. The number of anilines is 1. The van der Waals surface area contributed by atoms with Gasteiger partial charge in [0.2, 0.25) is 15.9 Å². The number of rotatable bonds is 8. The Morgan fingerprint density at radius 3 is 2.36 bits per heavy atom. The molecule has 0 aromatic heterocycles. The van der Waals surface area contributed by atoms with Gasteiger partial charge in [0.25, 0.3) is 0 Å². The zero-order chi connectivity index (χ0) is 20.9. The van der Waals surface area contributed by atoms with Gasteiger partial charge in [-0.25, -0.2) is 8.42 Å². The molecule has 28 heavy (non-hydrogen) atoms. The molecule has 0 saturated carbocycles. The maximum atomic E-state index is 13.0. The van der Waals surface area contributed by atoms with Crippen LogP contribution in [0.1, 0.15) is 31.9 Å². The van der Waals surface area contributed by atoms with Crippen LogP contribution in [0.25, 0.3) is 0 Å². The highest BCUT2D eigenvalue weighted by Crippen LogP contribution is 2.26. The van der Waals surface area contributed by atoms with Gasteiger partial charge in [-0.1, -0.05) is 36.7 Å². The summed E-state index contributed by atoms with van der Waals surface area (Å²) in [6.07, 6.45) is 1.39. The van der Waals surface area contributed by atoms with Crippen LogP contribution < -0.4 is 14.4 Å². The van der Waals surface area contributed by atoms with Crippen molar-refractivity contribution in [1.29, 1.82) is 0 Å². The van der Waals surface area contributed by atoms with E-state index in [0.29, 0.717) is 17.1 Å². The molecular weight excluding hydrogens is 400 g/mol. The van der Waals surface area contributed by atoms with E-state index in [2.05, 4.69) is 5.32 Å². The molecule has 0 aliphatic rings. The minimum Gasteiger partial charge on any atom is -0.497 e. The number of amides is 1. The van der Waals surface area contributed by atoms with Crippen LogP contribution in [0.3, 0.4) is 0 Å². The number of carbonyl (C=O) groups excluding carboxylic acids is 1. The van der Waals surface area contributed by atoms with Crippen molar-refractivity contribution in [2.75, 3.05) is 17.7 Å². The third kappa shape index (κ3) is 5.39. The Morgan fingerprint density at radius 1 is 1.21 bits per heavy atom. The highest BCUT2D eigenvalue weighted by atomic mass is 35.5. The zero-order valence-corrected chi connectivity index (χ0v) is 17.9. The van der Waals surface area contributed by atoms with Crippen molar-refractivity contribution in [2.45, 2.75) is 32.4 Å². The van der Waals surface area contributed by atoms with Crippen molar-refractivity contribution in [3.8, 4) is 5.75 Å². The second-order valence-electron chi connectivity index (χ2n) is 6.47. The fourth-order valence-corrected chi connectivity index (χ4v) is 4.35. The highest BCUT2D eigenvalue weighted by molar-refractivity contribution is 7.92. The third-order valence-corrected chi connectivity index (χ3v) is 5.78. The third-order valence-electron chi connectivity index (χ3n) is 4.37. The van der Waals surface area contributed by atoms with Gasteiger partial charge in [0.15, 0.2) is 0 Å². The molecule has 0 heterocycles. The number of halogens is 1. The van der Waals surface area contributed by atoms with Crippen molar-refractivity contribution in [3.05, 3.63) is 59.1 Å². The highest BCUT2D eigenvalue weighted by Gasteiger charge is 2.32. The van der Waals surface area contributed by atoms with Gasteiger partial charge in [0, 0.05) is 5.02 Å². The monoisotopic (exact) mass is 424 g/mol. The number of benzene rings is 2. The topological polar surface area (TPSA) is 75.7 Å². The number of nitrogens with one attached hydrogen (secondary N) is 1. The molecule has 8 heteroatoms. The Hall–Kier alpha value is -2.25. The second kappa shape index (κ2) is 9.30. The summed E-state index contributed by atoms with van der Waals surface area (Å²) in [5.41, 5.74) is 1.24. The first-order chi connectivity index (χ1) is 13.2. The maximum Gasteiger partial charge on any atom is 0.244 e. The van der Waals surface area contributed by atoms with Crippen LogP contribution in [-0.2, 0) is 14.8 Å². The molecule has 1 N–H and O–H groups in total. The van der Waals surface area contributed by atoms with Gasteiger partial charge < -0.3 is 10.1 Å². The number of carbonyl (C=O) groups is 1. The lowest BCUT2D eigenvalue weighted by atomic mass is 10.1. The van der Waals surface area contributed by atoms with E-state index in [4.69, 9.17) is 16.3 Å². The number of hydrogen-bond acceptors (Lipinski definition) is 4. The number of sulfonamides is 1. The summed E-state index contributed by atoms with van der Waals surface area (Å²) in [7, 11) is -2.12. The molecule has 0 spiro atoms. The van der Waals surface area contributed by atoms with Crippen LogP contribution >= 0.6 is 11.6 Å². The van der Waals surface area contributed by atoms with Crippen LogP contribution in [0.2, 0.25) is 5.02 Å². The predicted octanol–water partition coefficient (Wildman–Crippen LogP) is 3.77. The standard InChI is InChI=1S/C20H25ClN2O4S/c1-5-19(23(28(4,25)26)17-8-6-7-16(21)13-17)20(24)22-14(2)15-9-11-18(27-3)12-10-15/h6-14,19H,5H2,1-4H3,(H,22,24). The lowest BCUT2D eigenvalue weighted by Gasteiger charge is -2.31. The van der Waals surface area contributed by atoms with Crippen LogP contribution in [0, 0.1) is 0 Å². The Kier molecular flexibility index (Phi) is 7.32. The molecule has 2 rings (SSSR count). The molecular formula is C20H25ClN2O4S. The first kappa shape index (κ1) is 22.0. The number of nitrogens with zero attached hydrogens (tertiary/aromatic N) is 1. The fourth-order valence-electron chi connectivity index (χ4n) is 2.96. The molecule has 0 aliphatic heterocycles. The molecule has 0 aliphatic carbocycles. The predicted molar refractivity (Wildman–Crippen MR) is 112 cm³/mol. The van der Waals surface area contributed by atoms with Crippen LogP contribution in [0.5, 0.6) is 5.75 Å². The summed E-state index contributed by atoms with van der Waals surface area (Å²) in [5.74, 6) is 0.342. The molecule has 6 nitrogen and oxygen atoms in total. The number of methoxy groups -OCH3 is 1. The average Bonchev–Trinajstić information content (AvgIpc) is 2.64. The lowest BCUT2D eigenvalue weighted by Crippen LogP contribution is -2.49. The van der Waals surface area contributed by atoms with E-state index in [0.717, 1.165) is 21.9 Å². The molecule has 0 saturated heterocycles. The Labute approximate surface area is 171 Å². The van der Waals surface area contributed by atoms with Crippen molar-refractivity contribution in [2.24, 2.45) is 0 Å². The van der Waals surface area contributed by atoms with Crippen LogP contribution in [0.4, 0.5) is 5.69 Å². The Balaban J connectivity index is 2.28. The first-order valence-corrected chi connectivity index (χ1v) is 11.1. The molecule has 1 amide bonds. The largest absolute Gasteiger partial charge is 0.497 e. The summed E-state index contributed by atoms with van der Waals surface area (Å²) < 4.78 is 31.2. The fraction of sp³-hybridized carbons (Fsp3) is 0.350. The van der Waals surface area contributed by atoms with E-state index in [9.17, 15) is 13.2 Å². The van der Waals surface area contributed by atoms with E-state index in [1.165, 1.54) is 6.07 Å². The van der Waals surface area contributed by atoms with E-state index >= 15 is 0 Å². The van der Waals surface area contributed by atoms with Crippen LogP contribution in [-0.4, -0.2) is 33.7 Å². The van der Waals surface area contributed by atoms with Crippen molar-refractivity contribution >= 4 is 33.2 Å². The first-order valence-electron chi connectivity index (χ1n) is 8.86. The van der Waals surface area contributed by atoms with Gasteiger partial charge in [0.05, 0.1) is 25.1 Å². The molecule has 0 fully saturated rings. The van der Waals surface area contributed by atoms with E-state index in [-0.39, 0.29) is 11.9 Å². The maximum absolute atomic E-state index is 13.0.